The summed E-state index contributed by atoms with van der Waals surface area (Å²) in [5, 5.41) is 22.0. The molecule has 8 aromatic rings. The maximum absolute atomic E-state index is 14.0. The Labute approximate surface area is 435 Å². The first-order chi connectivity index (χ1) is 36.0. The molecule has 0 amide bonds. The number of aliphatic hydroxyl groups is 2. The van der Waals surface area contributed by atoms with E-state index in [4.69, 9.17) is 9.47 Å². The van der Waals surface area contributed by atoms with Crippen LogP contribution in [0, 0.1) is 23.5 Å². The number of sulfonamides is 2. The van der Waals surface area contributed by atoms with Crippen LogP contribution in [0.4, 0.5) is 46.5 Å². The average molecular weight is 1130 g/mol. The Bertz CT molecular complexity index is 3360. The number of aromatic nitrogens is 4. The van der Waals surface area contributed by atoms with Crippen molar-refractivity contribution in [1.82, 2.24) is 19.9 Å². The van der Waals surface area contributed by atoms with Crippen LogP contribution in [0.3, 0.4) is 0 Å². The Balaban J connectivity index is 0.000000186. The fourth-order valence-electron chi connectivity index (χ4n) is 8.30. The number of nitrogens with zero attached hydrogens (tertiary/aromatic N) is 4. The number of fused-ring (bicyclic) bond motifs is 2. The summed E-state index contributed by atoms with van der Waals surface area (Å²) in [6.07, 6.45) is 5.99. The molecule has 0 unspecified atom stereocenters. The molecule has 10 rings (SSSR count). The number of nitrogens with one attached hydrogen (secondary N) is 2. The molecule has 4 atom stereocenters. The summed E-state index contributed by atoms with van der Waals surface area (Å²) in [5.74, 6) is -1.68. The predicted molar refractivity (Wildman–Crippen MR) is 267 cm³/mol. The molecule has 2 aliphatic heterocycles. The van der Waals surface area contributed by atoms with Gasteiger partial charge in [-0.3, -0.25) is 29.4 Å². The van der Waals surface area contributed by atoms with Gasteiger partial charge in [0.1, 0.15) is 23.1 Å². The van der Waals surface area contributed by atoms with Gasteiger partial charge in [0, 0.05) is 81.4 Å². The number of hydrogen-bond acceptors (Lipinski definition) is 14. The van der Waals surface area contributed by atoms with E-state index in [1.54, 1.807) is 35.8 Å². The van der Waals surface area contributed by atoms with Gasteiger partial charge in [-0.25, -0.2) is 8.78 Å². The minimum Gasteiger partial charge on any atom is -0.493 e. The molecule has 396 valence electrons. The van der Waals surface area contributed by atoms with Gasteiger partial charge in [-0.15, -0.1) is 22.7 Å². The van der Waals surface area contributed by atoms with Crippen molar-refractivity contribution >= 4 is 54.1 Å². The van der Waals surface area contributed by atoms with Crippen LogP contribution in [0.2, 0.25) is 0 Å². The molecule has 4 N–H and O–H groups in total. The average Bonchev–Trinajstić information content (AvgIpc) is 4.14. The van der Waals surface area contributed by atoms with Gasteiger partial charge in [0.25, 0.3) is 0 Å². The monoisotopic (exact) mass is 1130 g/mol. The van der Waals surface area contributed by atoms with E-state index in [9.17, 15) is 62.2 Å². The molecule has 0 fully saturated rings. The Kier molecular flexibility index (Phi) is 15.2. The molecule has 0 aliphatic carbocycles. The predicted octanol–water partition coefficient (Wildman–Crippen LogP) is 11.1. The summed E-state index contributed by atoms with van der Waals surface area (Å²) in [4.78, 5) is 19.0. The number of thiazole rings is 2. The molecule has 14 nitrogen and oxygen atoms in total. The summed E-state index contributed by atoms with van der Waals surface area (Å²) in [5.41, 5.74) is -4.10. The summed E-state index contributed by atoms with van der Waals surface area (Å²) >= 11 is 3.00. The summed E-state index contributed by atoms with van der Waals surface area (Å²) < 4.78 is 167. The zero-order valence-electron chi connectivity index (χ0n) is 38.6. The van der Waals surface area contributed by atoms with Gasteiger partial charge < -0.3 is 19.7 Å². The summed E-state index contributed by atoms with van der Waals surface area (Å²) in [7, 11) is -11.5. The van der Waals surface area contributed by atoms with Crippen LogP contribution in [0.5, 0.6) is 11.5 Å². The molecule has 0 radical (unpaired) electrons. The Morgan fingerprint density at radius 3 is 1.28 bits per heavy atom. The summed E-state index contributed by atoms with van der Waals surface area (Å²) in [6, 6.07) is 21.7. The lowest BCUT2D eigenvalue weighted by Gasteiger charge is -2.30. The van der Waals surface area contributed by atoms with Gasteiger partial charge >= 0.3 is 31.1 Å². The second-order valence-electron chi connectivity index (χ2n) is 17.2. The number of rotatable bonds is 12. The number of ether oxygens (including phenoxy) is 2. The van der Waals surface area contributed by atoms with E-state index in [0.717, 1.165) is 68.7 Å². The molecule has 4 aromatic carbocycles. The van der Waals surface area contributed by atoms with Gasteiger partial charge in [0.05, 0.1) is 57.6 Å². The maximum Gasteiger partial charge on any atom is 0.516 e. The lowest BCUT2D eigenvalue weighted by Crippen LogP contribution is -2.30. The van der Waals surface area contributed by atoms with Crippen LogP contribution < -0.4 is 18.9 Å². The second kappa shape index (κ2) is 21.5. The van der Waals surface area contributed by atoms with Crippen molar-refractivity contribution in [1.29, 1.82) is 0 Å². The van der Waals surface area contributed by atoms with Crippen LogP contribution in [0.1, 0.15) is 34.7 Å². The Morgan fingerprint density at radius 2 is 0.934 bits per heavy atom. The van der Waals surface area contributed by atoms with Crippen LogP contribution in [-0.4, -0.2) is 71.2 Å². The standard InChI is InChI=1S/2C25H19F4N3O4S2/c2*26-17-3-6-21(32-38(34,35)25(27,28)29)20(9-17)14-2-5-19-22(8-14)36-12-16(24(19)33)7-18-4-1-15(10-31-18)23-11-30-13-37-23/h2*1-6,8-11,13,16,24,32-33H,7,12H2/t2*16-,24+/m10/s1. The van der Waals surface area contributed by atoms with Crippen molar-refractivity contribution < 1.29 is 71.6 Å². The number of hydrogen-bond donors (Lipinski definition) is 4. The molecule has 4 aromatic heterocycles. The number of alkyl halides is 6. The van der Waals surface area contributed by atoms with Crippen LogP contribution in [0.15, 0.2) is 133 Å². The molecule has 0 bridgehead atoms. The molecule has 0 spiro atoms. The number of anilines is 2. The Hall–Kier alpha value is -7.10. The largest absolute Gasteiger partial charge is 0.516 e. The highest BCUT2D eigenvalue weighted by Crippen LogP contribution is 2.43. The highest BCUT2D eigenvalue weighted by atomic mass is 32.2. The fourth-order valence-corrected chi connectivity index (χ4v) is 10.7. The van der Waals surface area contributed by atoms with E-state index in [1.807, 2.05) is 24.3 Å². The lowest BCUT2D eigenvalue weighted by molar-refractivity contribution is -0.0435. The van der Waals surface area contributed by atoms with E-state index in [0.29, 0.717) is 24.0 Å². The van der Waals surface area contributed by atoms with Crippen LogP contribution in [0.25, 0.3) is 43.1 Å². The van der Waals surface area contributed by atoms with Gasteiger partial charge in [-0.05, 0) is 84.6 Å². The summed E-state index contributed by atoms with van der Waals surface area (Å²) in [6.45, 7) is 0.263. The molecule has 0 saturated heterocycles. The van der Waals surface area contributed by atoms with Crippen molar-refractivity contribution in [3.05, 3.63) is 167 Å². The van der Waals surface area contributed by atoms with E-state index < -0.39 is 66.3 Å². The van der Waals surface area contributed by atoms with Crippen LogP contribution in [-0.2, 0) is 32.9 Å². The molecule has 26 heteroatoms. The van der Waals surface area contributed by atoms with Crippen molar-refractivity contribution in [2.24, 2.45) is 11.8 Å². The molecular formula is C50H38F8N6O8S4. The third-order valence-electron chi connectivity index (χ3n) is 12.2. The zero-order valence-corrected chi connectivity index (χ0v) is 41.9. The quantitative estimate of drug-likeness (QED) is 0.0844. The van der Waals surface area contributed by atoms with Crippen molar-refractivity contribution in [3.63, 3.8) is 0 Å². The molecule has 0 saturated carbocycles. The van der Waals surface area contributed by atoms with Crippen molar-refractivity contribution in [2.45, 2.75) is 36.1 Å². The SMILES string of the molecule is O=S(=O)(Nc1ccc(F)cc1-c1ccc2c(c1)OC[C@@H](Cc1ccc(-c3cncs3)cn1)[C@@H]2O)C(F)(F)F.O=S(=O)(Nc1ccc(F)cc1-c1ccc2c(c1)OC[C@H](Cc1ccc(-c3cncs3)cn1)[C@H]2O)C(F)(F)F. The minimum atomic E-state index is -5.73. The zero-order chi connectivity index (χ0) is 54.2. The molecule has 76 heavy (non-hydrogen) atoms. The topological polar surface area (TPSA) is 203 Å². The van der Waals surface area contributed by atoms with E-state index in [2.05, 4.69) is 19.9 Å². The van der Waals surface area contributed by atoms with Crippen LogP contribution >= 0.6 is 22.7 Å². The minimum absolute atomic E-state index is 0.119. The first-order valence-electron chi connectivity index (χ1n) is 22.4. The van der Waals surface area contributed by atoms with E-state index >= 15 is 0 Å². The van der Waals surface area contributed by atoms with Gasteiger partial charge in [0.15, 0.2) is 0 Å². The highest BCUT2D eigenvalue weighted by molar-refractivity contribution is 7.93. The van der Waals surface area contributed by atoms with E-state index in [-0.39, 0.29) is 58.8 Å². The second-order valence-corrected chi connectivity index (χ2v) is 22.4. The first-order valence-corrected chi connectivity index (χ1v) is 27.1. The van der Waals surface area contributed by atoms with Gasteiger partial charge in [-0.1, -0.05) is 36.4 Å². The number of aliphatic hydroxyl groups excluding tert-OH is 2. The molecule has 2 aliphatic rings. The number of halogens is 8. The number of pyridine rings is 2. The third-order valence-corrected chi connectivity index (χ3v) is 16.0. The van der Waals surface area contributed by atoms with Crippen molar-refractivity contribution in [2.75, 3.05) is 22.7 Å². The normalized spacial score (nSPS) is 17.5. The maximum atomic E-state index is 14.0. The molecular weight excluding hydrogens is 1090 g/mol. The highest BCUT2D eigenvalue weighted by Gasteiger charge is 2.47. The Morgan fingerprint density at radius 1 is 0.539 bits per heavy atom. The van der Waals surface area contributed by atoms with Crippen molar-refractivity contribution in [3.8, 4) is 54.6 Å². The lowest BCUT2D eigenvalue weighted by atomic mass is 9.88. The van der Waals surface area contributed by atoms with Gasteiger partial charge in [0.2, 0.25) is 0 Å². The first kappa shape index (κ1) is 53.7. The smallest absolute Gasteiger partial charge is 0.493 e. The fraction of sp³-hybridized carbons (Fsp3) is 0.200. The molecule has 6 heterocycles. The van der Waals surface area contributed by atoms with Gasteiger partial charge in [-0.2, -0.15) is 43.2 Å². The number of benzene rings is 4. The van der Waals surface area contributed by atoms with E-state index in [1.165, 1.54) is 68.5 Å². The third kappa shape index (κ3) is 11.8.